The summed E-state index contributed by atoms with van der Waals surface area (Å²) in [5.41, 5.74) is 2.37. The maximum atomic E-state index is 9.47. The van der Waals surface area contributed by atoms with Gasteiger partial charge in [-0.1, -0.05) is 6.07 Å². The highest BCUT2D eigenvalue weighted by molar-refractivity contribution is 7.97. The number of piperazine rings is 1. The Balaban J connectivity index is 1.25. The standard InChI is InChI=1S/C23H31N3O3S/c1-28-20-5-3-6-22-23(20)21(29-2)17-26(30-22)12-4-11-24-13-15-25(16-14-24)18-7-9-19(27)10-8-18/h3,5-10,21,27H,4,11-17H2,1-2H3. The third-order valence-electron chi connectivity index (χ3n) is 5.92. The second kappa shape index (κ2) is 9.92. The number of hydrogen-bond acceptors (Lipinski definition) is 7. The number of phenolic OH excluding ortho intramolecular Hbond substituents is 1. The molecule has 1 fully saturated rings. The van der Waals surface area contributed by atoms with Crippen molar-refractivity contribution < 1.29 is 14.6 Å². The molecule has 2 heterocycles. The number of hydrogen-bond donors (Lipinski definition) is 1. The number of phenols is 1. The molecule has 1 N–H and O–H groups in total. The third-order valence-corrected chi connectivity index (χ3v) is 7.06. The van der Waals surface area contributed by atoms with E-state index in [9.17, 15) is 5.11 Å². The summed E-state index contributed by atoms with van der Waals surface area (Å²) in [5.74, 6) is 1.24. The van der Waals surface area contributed by atoms with Crippen LogP contribution in [0.4, 0.5) is 5.69 Å². The second-order valence-corrected chi connectivity index (χ2v) is 8.91. The van der Waals surface area contributed by atoms with Crippen molar-refractivity contribution in [3.05, 3.63) is 48.0 Å². The van der Waals surface area contributed by atoms with E-state index < -0.39 is 0 Å². The Labute approximate surface area is 183 Å². The fourth-order valence-electron chi connectivity index (χ4n) is 4.24. The fourth-order valence-corrected chi connectivity index (χ4v) is 5.42. The van der Waals surface area contributed by atoms with Gasteiger partial charge in [0.25, 0.3) is 0 Å². The second-order valence-electron chi connectivity index (χ2n) is 7.77. The summed E-state index contributed by atoms with van der Waals surface area (Å²) in [6.45, 7) is 7.25. The molecule has 0 spiro atoms. The minimum absolute atomic E-state index is 0.0475. The summed E-state index contributed by atoms with van der Waals surface area (Å²) in [7, 11) is 3.50. The van der Waals surface area contributed by atoms with E-state index >= 15 is 0 Å². The average Bonchev–Trinajstić information content (AvgIpc) is 2.79. The van der Waals surface area contributed by atoms with Crippen LogP contribution in [0.5, 0.6) is 11.5 Å². The molecule has 0 aromatic heterocycles. The minimum atomic E-state index is 0.0475. The van der Waals surface area contributed by atoms with E-state index in [2.05, 4.69) is 26.2 Å². The van der Waals surface area contributed by atoms with Crippen molar-refractivity contribution in [3.8, 4) is 11.5 Å². The molecule has 1 saturated heterocycles. The molecule has 2 aliphatic heterocycles. The molecular weight excluding hydrogens is 398 g/mol. The van der Waals surface area contributed by atoms with Gasteiger partial charge < -0.3 is 19.5 Å². The topological polar surface area (TPSA) is 48.4 Å². The number of methoxy groups -OCH3 is 2. The van der Waals surface area contributed by atoms with Crippen LogP contribution in [0.2, 0.25) is 0 Å². The Morgan fingerprint density at radius 2 is 1.77 bits per heavy atom. The van der Waals surface area contributed by atoms with E-state index in [-0.39, 0.29) is 6.10 Å². The average molecular weight is 430 g/mol. The van der Waals surface area contributed by atoms with Crippen molar-refractivity contribution in [1.82, 2.24) is 9.21 Å². The van der Waals surface area contributed by atoms with Crippen LogP contribution in [0.3, 0.4) is 0 Å². The van der Waals surface area contributed by atoms with E-state index in [0.29, 0.717) is 5.75 Å². The maximum Gasteiger partial charge on any atom is 0.125 e. The van der Waals surface area contributed by atoms with Crippen molar-refractivity contribution in [1.29, 1.82) is 0 Å². The molecule has 2 aromatic rings. The SMILES string of the molecule is COc1cccc2c1C(OC)CN(CCCN1CCN(c3ccc(O)cc3)CC1)S2. The van der Waals surface area contributed by atoms with Gasteiger partial charge in [-0.15, -0.1) is 0 Å². The van der Waals surface area contributed by atoms with E-state index in [1.165, 1.54) is 16.1 Å². The lowest BCUT2D eigenvalue weighted by atomic mass is 10.1. The van der Waals surface area contributed by atoms with Crippen molar-refractivity contribution in [2.24, 2.45) is 0 Å². The molecular formula is C23H31N3O3S. The van der Waals surface area contributed by atoms with Gasteiger partial charge in [-0.25, -0.2) is 4.31 Å². The molecule has 162 valence electrons. The van der Waals surface area contributed by atoms with Gasteiger partial charge in [0.2, 0.25) is 0 Å². The summed E-state index contributed by atoms with van der Waals surface area (Å²) >= 11 is 1.82. The molecule has 1 atom stereocenters. The molecule has 0 bridgehead atoms. The number of nitrogens with zero attached hydrogens (tertiary/aromatic N) is 3. The van der Waals surface area contributed by atoms with E-state index in [1.54, 1.807) is 26.4 Å². The molecule has 2 aliphatic rings. The van der Waals surface area contributed by atoms with E-state index in [4.69, 9.17) is 9.47 Å². The number of fused-ring (bicyclic) bond motifs is 1. The van der Waals surface area contributed by atoms with Crippen LogP contribution < -0.4 is 9.64 Å². The van der Waals surface area contributed by atoms with Crippen molar-refractivity contribution in [2.45, 2.75) is 17.4 Å². The predicted octanol–water partition coefficient (Wildman–Crippen LogP) is 3.62. The molecule has 2 aromatic carbocycles. The number of benzene rings is 2. The number of rotatable bonds is 7. The largest absolute Gasteiger partial charge is 0.508 e. The van der Waals surface area contributed by atoms with Gasteiger partial charge in [0.1, 0.15) is 17.6 Å². The molecule has 0 radical (unpaired) electrons. The molecule has 4 rings (SSSR count). The first kappa shape index (κ1) is 21.3. The number of anilines is 1. The van der Waals surface area contributed by atoms with Crippen molar-refractivity contribution in [2.75, 3.05) is 64.9 Å². The normalized spacial score (nSPS) is 20.2. The zero-order valence-electron chi connectivity index (χ0n) is 17.8. The zero-order chi connectivity index (χ0) is 20.9. The first-order valence-electron chi connectivity index (χ1n) is 10.6. The van der Waals surface area contributed by atoms with Crippen LogP contribution in [0.15, 0.2) is 47.4 Å². The molecule has 0 amide bonds. The molecule has 0 saturated carbocycles. The molecule has 30 heavy (non-hydrogen) atoms. The quantitative estimate of drug-likeness (QED) is 0.675. The first-order chi connectivity index (χ1) is 14.7. The molecule has 7 heteroatoms. The summed E-state index contributed by atoms with van der Waals surface area (Å²) in [4.78, 5) is 6.18. The lowest BCUT2D eigenvalue weighted by molar-refractivity contribution is 0.0784. The minimum Gasteiger partial charge on any atom is -0.508 e. The Morgan fingerprint density at radius 1 is 1.00 bits per heavy atom. The van der Waals surface area contributed by atoms with Gasteiger partial charge in [0.05, 0.1) is 7.11 Å². The Hall–Kier alpha value is -1.93. The monoisotopic (exact) mass is 429 g/mol. The lowest BCUT2D eigenvalue weighted by Gasteiger charge is -2.37. The van der Waals surface area contributed by atoms with Crippen molar-refractivity contribution in [3.63, 3.8) is 0 Å². The van der Waals surface area contributed by atoms with Crippen molar-refractivity contribution >= 4 is 17.6 Å². The van der Waals surface area contributed by atoms with Crippen LogP contribution in [0.25, 0.3) is 0 Å². The molecule has 1 unspecified atom stereocenters. The maximum absolute atomic E-state index is 9.47. The van der Waals surface area contributed by atoms with Crippen LogP contribution in [0.1, 0.15) is 18.1 Å². The predicted molar refractivity (Wildman–Crippen MR) is 122 cm³/mol. The highest BCUT2D eigenvalue weighted by Gasteiger charge is 2.29. The van der Waals surface area contributed by atoms with Gasteiger partial charge in [-0.3, -0.25) is 4.90 Å². The number of aromatic hydroxyl groups is 1. The van der Waals surface area contributed by atoms with Gasteiger partial charge in [-0.2, -0.15) is 0 Å². The lowest BCUT2D eigenvalue weighted by Crippen LogP contribution is -2.47. The molecule has 0 aliphatic carbocycles. The Bertz CT molecular complexity index is 825. The summed E-state index contributed by atoms with van der Waals surface area (Å²) < 4.78 is 13.8. The summed E-state index contributed by atoms with van der Waals surface area (Å²) in [5, 5.41) is 9.47. The fraction of sp³-hybridized carbons (Fsp3) is 0.478. The van der Waals surface area contributed by atoms with E-state index in [1.807, 2.05) is 30.1 Å². The van der Waals surface area contributed by atoms with Gasteiger partial charge >= 0.3 is 0 Å². The highest BCUT2D eigenvalue weighted by atomic mass is 32.2. The first-order valence-corrected chi connectivity index (χ1v) is 11.3. The van der Waals surface area contributed by atoms with Crippen LogP contribution in [0, 0.1) is 0 Å². The Morgan fingerprint density at radius 3 is 2.47 bits per heavy atom. The van der Waals surface area contributed by atoms with Crippen LogP contribution in [-0.2, 0) is 4.74 Å². The van der Waals surface area contributed by atoms with Crippen LogP contribution in [-0.4, -0.2) is 74.3 Å². The Kier molecular flexibility index (Phi) is 7.04. The zero-order valence-corrected chi connectivity index (χ0v) is 18.6. The van der Waals surface area contributed by atoms with Gasteiger partial charge in [0, 0.05) is 62.5 Å². The highest BCUT2D eigenvalue weighted by Crippen LogP contribution is 2.42. The summed E-state index contributed by atoms with van der Waals surface area (Å²) in [6.07, 6.45) is 1.19. The third kappa shape index (κ3) is 4.86. The molecule has 6 nitrogen and oxygen atoms in total. The van der Waals surface area contributed by atoms with Gasteiger partial charge in [0.15, 0.2) is 0 Å². The number of ether oxygens (including phenoxy) is 2. The van der Waals surface area contributed by atoms with E-state index in [0.717, 1.165) is 58.0 Å². The van der Waals surface area contributed by atoms with Gasteiger partial charge in [-0.05, 0) is 61.3 Å². The smallest absolute Gasteiger partial charge is 0.125 e. The summed E-state index contributed by atoms with van der Waals surface area (Å²) in [6, 6.07) is 13.7. The van der Waals surface area contributed by atoms with Crippen LogP contribution >= 0.6 is 11.9 Å².